The van der Waals surface area contributed by atoms with E-state index in [2.05, 4.69) is 10.4 Å². The maximum absolute atomic E-state index is 12.8. The largest absolute Gasteiger partial charge is 0.383 e. The Morgan fingerprint density at radius 2 is 2.35 bits per heavy atom. The van der Waals surface area contributed by atoms with Crippen molar-refractivity contribution in [1.82, 2.24) is 15.1 Å². The molecule has 0 bridgehead atoms. The predicted molar refractivity (Wildman–Crippen MR) is 77.2 cm³/mol. The number of carbonyl (C=O) groups excluding carboxylic acids is 1. The van der Waals surface area contributed by atoms with Gasteiger partial charge in [-0.1, -0.05) is 0 Å². The fourth-order valence-electron chi connectivity index (χ4n) is 3.07. The molecule has 0 saturated heterocycles. The second-order valence-corrected chi connectivity index (χ2v) is 6.18. The summed E-state index contributed by atoms with van der Waals surface area (Å²) >= 11 is 0. The minimum Gasteiger partial charge on any atom is -0.383 e. The van der Waals surface area contributed by atoms with Crippen LogP contribution in [0, 0.1) is 5.92 Å². The number of hydrogen-bond donors (Lipinski definition) is 1. The predicted octanol–water partition coefficient (Wildman–Crippen LogP) is 1.30. The Hall–Kier alpha value is -1.54. The average molecular weight is 329 g/mol. The number of rotatable bonds is 6. The Balaban J connectivity index is 1.56. The standard InChI is InChI=1S/C15H21F2N3O3/c1-22-3-2-20-13-9-23-8-11(12(13)7-19-20)6-18-14(21)10-4-15(16,17)5-10/h7,10-11H,2-6,8-9H2,1H3,(H,18,21). The minimum absolute atomic E-state index is 0.000387. The monoisotopic (exact) mass is 329 g/mol. The number of fused-ring (bicyclic) bond motifs is 1. The van der Waals surface area contributed by atoms with Gasteiger partial charge in [-0.05, 0) is 0 Å². The first-order valence-electron chi connectivity index (χ1n) is 7.77. The van der Waals surface area contributed by atoms with Gasteiger partial charge < -0.3 is 14.8 Å². The third-order valence-electron chi connectivity index (χ3n) is 4.47. The van der Waals surface area contributed by atoms with Crippen LogP contribution in [0.15, 0.2) is 6.20 Å². The number of amides is 1. The highest BCUT2D eigenvalue weighted by molar-refractivity contribution is 5.79. The van der Waals surface area contributed by atoms with Gasteiger partial charge in [0.2, 0.25) is 11.8 Å². The van der Waals surface area contributed by atoms with Gasteiger partial charge in [-0.2, -0.15) is 5.10 Å². The summed E-state index contributed by atoms with van der Waals surface area (Å²) in [6, 6.07) is 0. The molecule has 1 aliphatic carbocycles. The molecule has 23 heavy (non-hydrogen) atoms. The quantitative estimate of drug-likeness (QED) is 0.854. The fourth-order valence-corrected chi connectivity index (χ4v) is 3.07. The highest BCUT2D eigenvalue weighted by Gasteiger charge is 2.48. The van der Waals surface area contributed by atoms with Crippen LogP contribution in [0.25, 0.3) is 0 Å². The van der Waals surface area contributed by atoms with E-state index in [0.717, 1.165) is 11.3 Å². The van der Waals surface area contributed by atoms with Crippen molar-refractivity contribution in [2.45, 2.75) is 37.8 Å². The number of aromatic nitrogens is 2. The zero-order chi connectivity index (χ0) is 16.4. The molecule has 1 aromatic rings. The first-order valence-corrected chi connectivity index (χ1v) is 7.77. The Labute approximate surface area is 133 Å². The van der Waals surface area contributed by atoms with E-state index in [1.165, 1.54) is 0 Å². The number of nitrogens with zero attached hydrogens (tertiary/aromatic N) is 2. The molecular formula is C15H21F2N3O3. The molecule has 1 N–H and O–H groups in total. The Bertz CT molecular complexity index is 568. The van der Waals surface area contributed by atoms with E-state index in [1.54, 1.807) is 13.3 Å². The molecule has 1 saturated carbocycles. The van der Waals surface area contributed by atoms with Gasteiger partial charge >= 0.3 is 0 Å². The molecule has 2 heterocycles. The normalized spacial score (nSPS) is 23.2. The molecule has 3 rings (SSSR count). The summed E-state index contributed by atoms with van der Waals surface area (Å²) in [5, 5.41) is 7.11. The number of alkyl halides is 2. The van der Waals surface area contributed by atoms with Crippen molar-refractivity contribution in [3.8, 4) is 0 Å². The van der Waals surface area contributed by atoms with Gasteiger partial charge in [0.05, 0.1) is 38.3 Å². The minimum atomic E-state index is -2.67. The van der Waals surface area contributed by atoms with Crippen LogP contribution in [0.4, 0.5) is 8.78 Å². The molecule has 1 atom stereocenters. The van der Waals surface area contributed by atoms with Gasteiger partial charge in [0, 0.05) is 43.9 Å². The molecule has 0 aromatic carbocycles. The summed E-state index contributed by atoms with van der Waals surface area (Å²) in [5.74, 6) is -3.54. The number of hydrogen-bond acceptors (Lipinski definition) is 4. The summed E-state index contributed by atoms with van der Waals surface area (Å²) in [4.78, 5) is 11.9. The molecule has 1 unspecified atom stereocenters. The summed E-state index contributed by atoms with van der Waals surface area (Å²) in [6.07, 6.45) is 1.10. The summed E-state index contributed by atoms with van der Waals surface area (Å²) in [5.41, 5.74) is 2.04. The SMILES string of the molecule is COCCn1ncc2c1COCC2CNC(=O)C1CC(F)(F)C1. The van der Waals surface area contributed by atoms with Crippen LogP contribution in [-0.2, 0) is 27.4 Å². The van der Waals surface area contributed by atoms with Crippen LogP contribution >= 0.6 is 0 Å². The molecule has 128 valence electrons. The van der Waals surface area contributed by atoms with E-state index in [0.29, 0.717) is 32.9 Å². The maximum atomic E-state index is 12.8. The maximum Gasteiger partial charge on any atom is 0.249 e. The molecule has 2 aliphatic rings. The van der Waals surface area contributed by atoms with E-state index in [1.807, 2.05) is 4.68 Å². The number of ether oxygens (including phenoxy) is 2. The van der Waals surface area contributed by atoms with Gasteiger partial charge in [0.25, 0.3) is 0 Å². The highest BCUT2D eigenvalue weighted by Crippen LogP contribution is 2.42. The van der Waals surface area contributed by atoms with Gasteiger partial charge in [-0.25, -0.2) is 8.78 Å². The number of carbonyl (C=O) groups is 1. The smallest absolute Gasteiger partial charge is 0.249 e. The lowest BCUT2D eigenvalue weighted by Gasteiger charge is -2.34. The zero-order valence-electron chi connectivity index (χ0n) is 13.1. The van der Waals surface area contributed by atoms with E-state index >= 15 is 0 Å². The number of methoxy groups -OCH3 is 1. The number of halogens is 2. The summed E-state index contributed by atoms with van der Waals surface area (Å²) < 4.78 is 38.1. The molecule has 6 nitrogen and oxygen atoms in total. The number of nitrogens with one attached hydrogen (secondary N) is 1. The molecule has 1 fully saturated rings. The topological polar surface area (TPSA) is 65.4 Å². The lowest BCUT2D eigenvalue weighted by molar-refractivity contribution is -0.150. The molecule has 1 aliphatic heterocycles. The Morgan fingerprint density at radius 3 is 3.04 bits per heavy atom. The van der Waals surface area contributed by atoms with Crippen molar-refractivity contribution in [3.05, 3.63) is 17.5 Å². The van der Waals surface area contributed by atoms with Crippen molar-refractivity contribution in [3.63, 3.8) is 0 Å². The third kappa shape index (κ3) is 3.53. The highest BCUT2D eigenvalue weighted by atomic mass is 19.3. The zero-order valence-corrected chi connectivity index (χ0v) is 13.1. The van der Waals surface area contributed by atoms with Gasteiger partial charge in [-0.3, -0.25) is 9.48 Å². The van der Waals surface area contributed by atoms with Crippen molar-refractivity contribution in [2.75, 3.05) is 26.9 Å². The van der Waals surface area contributed by atoms with Crippen LogP contribution in [0.1, 0.15) is 30.0 Å². The van der Waals surface area contributed by atoms with Gasteiger partial charge in [-0.15, -0.1) is 0 Å². The molecule has 1 aromatic heterocycles. The van der Waals surface area contributed by atoms with E-state index in [9.17, 15) is 13.6 Å². The van der Waals surface area contributed by atoms with Crippen LogP contribution < -0.4 is 5.32 Å². The van der Waals surface area contributed by atoms with Crippen molar-refractivity contribution >= 4 is 5.91 Å². The van der Waals surface area contributed by atoms with E-state index in [-0.39, 0.29) is 24.7 Å². The summed E-state index contributed by atoms with van der Waals surface area (Å²) in [7, 11) is 1.63. The van der Waals surface area contributed by atoms with Crippen LogP contribution in [0.3, 0.4) is 0 Å². The van der Waals surface area contributed by atoms with Crippen molar-refractivity contribution < 1.29 is 23.0 Å². The van der Waals surface area contributed by atoms with Crippen molar-refractivity contribution in [1.29, 1.82) is 0 Å². The van der Waals surface area contributed by atoms with Gasteiger partial charge in [0.15, 0.2) is 0 Å². The molecule has 0 radical (unpaired) electrons. The van der Waals surface area contributed by atoms with E-state index in [4.69, 9.17) is 9.47 Å². The van der Waals surface area contributed by atoms with E-state index < -0.39 is 11.8 Å². The first kappa shape index (κ1) is 16.3. The third-order valence-corrected chi connectivity index (χ3v) is 4.47. The lowest BCUT2D eigenvalue weighted by Crippen LogP contribution is -2.46. The van der Waals surface area contributed by atoms with Crippen LogP contribution in [-0.4, -0.2) is 48.5 Å². The Kier molecular flexibility index (Phi) is 4.63. The van der Waals surface area contributed by atoms with Crippen LogP contribution in [0.2, 0.25) is 0 Å². The first-order chi connectivity index (χ1) is 11.0. The molecule has 8 heteroatoms. The second kappa shape index (κ2) is 6.52. The van der Waals surface area contributed by atoms with Crippen molar-refractivity contribution in [2.24, 2.45) is 5.92 Å². The second-order valence-electron chi connectivity index (χ2n) is 6.18. The molecule has 0 spiro atoms. The fraction of sp³-hybridized carbons (Fsp3) is 0.733. The Morgan fingerprint density at radius 1 is 1.57 bits per heavy atom. The van der Waals surface area contributed by atoms with Crippen LogP contribution in [0.5, 0.6) is 0 Å². The summed E-state index contributed by atoms with van der Waals surface area (Å²) in [6.45, 7) is 2.56. The average Bonchev–Trinajstić information content (AvgIpc) is 2.91. The molecule has 1 amide bonds. The lowest BCUT2D eigenvalue weighted by atomic mass is 9.80. The molecular weight excluding hydrogens is 308 g/mol. The van der Waals surface area contributed by atoms with Gasteiger partial charge in [0.1, 0.15) is 0 Å².